The third kappa shape index (κ3) is 3.75. The molecule has 0 spiro atoms. The number of rotatable bonds is 4. The first kappa shape index (κ1) is 14.9. The molecule has 1 N–H and O–H groups in total. The van der Waals surface area contributed by atoms with E-state index in [0.717, 1.165) is 22.4 Å². The van der Waals surface area contributed by atoms with Gasteiger partial charge in [-0.25, -0.2) is 0 Å². The van der Waals surface area contributed by atoms with Crippen molar-refractivity contribution in [3.8, 4) is 17.2 Å². The largest absolute Gasteiger partial charge is 0.508 e. The molecule has 0 fully saturated rings. The second-order valence-corrected chi connectivity index (χ2v) is 4.86. The second-order valence-electron chi connectivity index (χ2n) is 4.86. The van der Waals surface area contributed by atoms with E-state index in [-0.39, 0.29) is 5.75 Å². The fourth-order valence-electron chi connectivity index (χ4n) is 2.17. The van der Waals surface area contributed by atoms with Crippen LogP contribution in [0.25, 0.3) is 0 Å². The summed E-state index contributed by atoms with van der Waals surface area (Å²) in [4.78, 5) is 11.0. The maximum atomic E-state index is 11.0. The van der Waals surface area contributed by atoms with Crippen LogP contribution in [0.3, 0.4) is 0 Å². The molecule has 0 aromatic heterocycles. The predicted molar refractivity (Wildman–Crippen MR) is 80.0 cm³/mol. The first-order valence-electron chi connectivity index (χ1n) is 6.63. The third-order valence-electron chi connectivity index (χ3n) is 3.22. The molecule has 0 bridgehead atoms. The maximum Gasteiger partial charge on any atom is 0.308 e. The van der Waals surface area contributed by atoms with Gasteiger partial charge in [0.15, 0.2) is 0 Å². The van der Waals surface area contributed by atoms with Crippen molar-refractivity contribution in [1.82, 2.24) is 0 Å². The van der Waals surface area contributed by atoms with Crippen LogP contribution in [-0.4, -0.2) is 18.2 Å². The van der Waals surface area contributed by atoms with Gasteiger partial charge in [-0.05, 0) is 36.2 Å². The van der Waals surface area contributed by atoms with Crippen molar-refractivity contribution in [2.24, 2.45) is 0 Å². The monoisotopic (exact) mass is 286 g/mol. The van der Waals surface area contributed by atoms with Crippen LogP contribution in [0.5, 0.6) is 17.2 Å². The molecule has 2 rings (SSSR count). The van der Waals surface area contributed by atoms with Gasteiger partial charge in [0.25, 0.3) is 0 Å². The van der Waals surface area contributed by atoms with Crippen LogP contribution in [0, 0.1) is 6.92 Å². The van der Waals surface area contributed by atoms with E-state index in [1.807, 2.05) is 31.2 Å². The van der Waals surface area contributed by atoms with Gasteiger partial charge in [-0.1, -0.05) is 12.1 Å². The van der Waals surface area contributed by atoms with Gasteiger partial charge in [-0.2, -0.15) is 0 Å². The number of phenolic OH excluding ortho intramolecular Hbond substituents is 1. The standard InChI is InChI=1S/C17H18O4/c1-11-8-15(21-12(2)18)10-17(19)16(11)9-13-4-6-14(20-3)7-5-13/h4-8,10,19H,9H2,1-3H3. The highest BCUT2D eigenvalue weighted by atomic mass is 16.5. The SMILES string of the molecule is COc1ccc(Cc2c(C)cc(OC(C)=O)cc2O)cc1. The minimum absolute atomic E-state index is 0.127. The van der Waals surface area contributed by atoms with Crippen LogP contribution < -0.4 is 9.47 Å². The molecule has 0 heterocycles. The molecule has 0 unspecified atom stereocenters. The molecule has 4 nitrogen and oxygen atoms in total. The zero-order valence-corrected chi connectivity index (χ0v) is 12.3. The van der Waals surface area contributed by atoms with Crippen LogP contribution in [0.4, 0.5) is 0 Å². The molecule has 0 saturated heterocycles. The van der Waals surface area contributed by atoms with E-state index in [4.69, 9.17) is 9.47 Å². The Morgan fingerprint density at radius 2 is 1.81 bits per heavy atom. The summed E-state index contributed by atoms with van der Waals surface area (Å²) >= 11 is 0. The fourth-order valence-corrected chi connectivity index (χ4v) is 2.17. The summed E-state index contributed by atoms with van der Waals surface area (Å²) in [5.41, 5.74) is 2.76. The second kappa shape index (κ2) is 6.31. The van der Waals surface area contributed by atoms with Crippen molar-refractivity contribution in [1.29, 1.82) is 0 Å². The molecule has 4 heteroatoms. The topological polar surface area (TPSA) is 55.8 Å². The van der Waals surface area contributed by atoms with Gasteiger partial charge < -0.3 is 14.6 Å². The lowest BCUT2D eigenvalue weighted by molar-refractivity contribution is -0.131. The molecule has 2 aromatic carbocycles. The Morgan fingerprint density at radius 3 is 2.33 bits per heavy atom. The number of aryl methyl sites for hydroxylation is 1. The fraction of sp³-hybridized carbons (Fsp3) is 0.235. The van der Waals surface area contributed by atoms with E-state index in [9.17, 15) is 9.90 Å². The average Bonchev–Trinajstić information content (AvgIpc) is 2.43. The van der Waals surface area contributed by atoms with Crippen molar-refractivity contribution in [2.45, 2.75) is 20.3 Å². The van der Waals surface area contributed by atoms with Crippen LogP contribution in [0.15, 0.2) is 36.4 Å². The molecule has 0 aliphatic heterocycles. The van der Waals surface area contributed by atoms with Crippen molar-refractivity contribution in [3.63, 3.8) is 0 Å². The molecule has 0 amide bonds. The van der Waals surface area contributed by atoms with Crippen molar-refractivity contribution < 1.29 is 19.4 Å². The summed E-state index contributed by atoms with van der Waals surface area (Å²) < 4.78 is 10.1. The molecule has 0 saturated carbocycles. The number of ether oxygens (including phenoxy) is 2. The van der Waals surface area contributed by atoms with Crippen molar-refractivity contribution in [2.75, 3.05) is 7.11 Å². The number of carbonyl (C=O) groups excluding carboxylic acids is 1. The highest BCUT2D eigenvalue weighted by molar-refractivity contribution is 5.69. The Morgan fingerprint density at radius 1 is 1.14 bits per heavy atom. The Kier molecular flexibility index (Phi) is 4.48. The molecule has 0 radical (unpaired) electrons. The number of esters is 1. The lowest BCUT2D eigenvalue weighted by Crippen LogP contribution is -2.02. The zero-order chi connectivity index (χ0) is 15.4. The highest BCUT2D eigenvalue weighted by Crippen LogP contribution is 2.30. The van der Waals surface area contributed by atoms with E-state index >= 15 is 0 Å². The normalized spacial score (nSPS) is 10.2. The summed E-state index contributed by atoms with van der Waals surface area (Å²) in [5, 5.41) is 10.1. The molecule has 0 aliphatic rings. The number of methoxy groups -OCH3 is 1. The van der Waals surface area contributed by atoms with Gasteiger partial charge in [0.1, 0.15) is 17.2 Å². The molecule has 2 aromatic rings. The Labute approximate surface area is 123 Å². The van der Waals surface area contributed by atoms with E-state index in [1.54, 1.807) is 13.2 Å². The quantitative estimate of drug-likeness (QED) is 0.692. The van der Waals surface area contributed by atoms with Gasteiger partial charge in [-0.15, -0.1) is 0 Å². The maximum absolute atomic E-state index is 11.0. The third-order valence-corrected chi connectivity index (χ3v) is 3.22. The number of benzene rings is 2. The minimum Gasteiger partial charge on any atom is -0.508 e. The Hall–Kier alpha value is -2.49. The molecule has 0 atom stereocenters. The Balaban J connectivity index is 2.24. The van der Waals surface area contributed by atoms with Gasteiger partial charge in [0.05, 0.1) is 7.11 Å². The molecular formula is C17H18O4. The zero-order valence-electron chi connectivity index (χ0n) is 12.3. The van der Waals surface area contributed by atoms with Crippen molar-refractivity contribution >= 4 is 5.97 Å². The number of hydrogen-bond donors (Lipinski definition) is 1. The first-order valence-corrected chi connectivity index (χ1v) is 6.63. The lowest BCUT2D eigenvalue weighted by Gasteiger charge is -2.11. The number of carbonyl (C=O) groups is 1. The predicted octanol–water partition coefficient (Wildman–Crippen LogP) is 3.23. The summed E-state index contributed by atoms with van der Waals surface area (Å²) in [7, 11) is 1.62. The number of phenols is 1. The van der Waals surface area contributed by atoms with Gasteiger partial charge in [-0.3, -0.25) is 4.79 Å². The van der Waals surface area contributed by atoms with Gasteiger partial charge in [0, 0.05) is 25.0 Å². The summed E-state index contributed by atoms with van der Waals surface area (Å²) in [5.74, 6) is 0.875. The van der Waals surface area contributed by atoms with Crippen LogP contribution in [-0.2, 0) is 11.2 Å². The summed E-state index contributed by atoms with van der Waals surface area (Å²) in [6.07, 6.45) is 0.599. The van der Waals surface area contributed by atoms with Crippen LogP contribution in [0.1, 0.15) is 23.6 Å². The number of aromatic hydroxyl groups is 1. The van der Waals surface area contributed by atoms with E-state index in [1.165, 1.54) is 13.0 Å². The average molecular weight is 286 g/mol. The molecular weight excluding hydrogens is 268 g/mol. The highest BCUT2D eigenvalue weighted by Gasteiger charge is 2.10. The molecule has 110 valence electrons. The van der Waals surface area contributed by atoms with Crippen LogP contribution >= 0.6 is 0 Å². The summed E-state index contributed by atoms with van der Waals surface area (Å²) in [6, 6.07) is 10.9. The molecule has 21 heavy (non-hydrogen) atoms. The lowest BCUT2D eigenvalue weighted by atomic mass is 9.99. The first-order chi connectivity index (χ1) is 9.99. The van der Waals surface area contributed by atoms with E-state index < -0.39 is 5.97 Å². The van der Waals surface area contributed by atoms with Crippen molar-refractivity contribution in [3.05, 3.63) is 53.1 Å². The van der Waals surface area contributed by atoms with E-state index in [0.29, 0.717) is 12.2 Å². The van der Waals surface area contributed by atoms with E-state index in [2.05, 4.69) is 0 Å². The summed E-state index contributed by atoms with van der Waals surface area (Å²) in [6.45, 7) is 3.21. The minimum atomic E-state index is -0.406. The van der Waals surface area contributed by atoms with Crippen LogP contribution in [0.2, 0.25) is 0 Å². The number of hydrogen-bond acceptors (Lipinski definition) is 4. The smallest absolute Gasteiger partial charge is 0.308 e. The van der Waals surface area contributed by atoms with Gasteiger partial charge >= 0.3 is 5.97 Å². The van der Waals surface area contributed by atoms with Gasteiger partial charge in [0.2, 0.25) is 0 Å². The molecule has 0 aliphatic carbocycles. The Bertz CT molecular complexity index is 621.